The van der Waals surface area contributed by atoms with Crippen molar-refractivity contribution in [3.8, 4) is 0 Å². The minimum Gasteiger partial charge on any atom is -0.465 e. The Hall–Kier alpha value is -1.76. The highest BCUT2D eigenvalue weighted by Gasteiger charge is 2.30. The molecule has 0 aromatic heterocycles. The highest BCUT2D eigenvalue weighted by atomic mass is 16.5. The molecular formula is C12H17N3O4. The molecule has 1 N–H and O–H groups in total. The summed E-state index contributed by atoms with van der Waals surface area (Å²) in [5.74, 6) is -1.82. The molecule has 1 fully saturated rings. The van der Waals surface area contributed by atoms with Gasteiger partial charge in [0.15, 0.2) is 5.92 Å². The fourth-order valence-corrected chi connectivity index (χ4v) is 1.89. The van der Waals surface area contributed by atoms with Crippen LogP contribution in [-0.4, -0.2) is 49.9 Å². The number of esters is 1. The van der Waals surface area contributed by atoms with Crippen LogP contribution < -0.4 is 5.32 Å². The van der Waals surface area contributed by atoms with Crippen molar-refractivity contribution in [2.75, 3.05) is 19.8 Å². The summed E-state index contributed by atoms with van der Waals surface area (Å²) in [6.45, 7) is 3.15. The monoisotopic (exact) mass is 267 g/mol. The fourth-order valence-electron chi connectivity index (χ4n) is 1.89. The Morgan fingerprint density at radius 1 is 1.68 bits per heavy atom. The Kier molecular flexibility index (Phi) is 4.62. The molecule has 2 heterocycles. The van der Waals surface area contributed by atoms with Crippen LogP contribution in [0.2, 0.25) is 0 Å². The number of hydrogen-bond donors (Lipinski definition) is 1. The summed E-state index contributed by atoms with van der Waals surface area (Å²) >= 11 is 0. The molecule has 0 aliphatic carbocycles. The Morgan fingerprint density at radius 2 is 2.53 bits per heavy atom. The maximum Gasteiger partial charge on any atom is 0.324 e. The molecular weight excluding hydrogens is 250 g/mol. The van der Waals surface area contributed by atoms with E-state index in [9.17, 15) is 9.59 Å². The van der Waals surface area contributed by atoms with Crippen LogP contribution in [0, 0.1) is 5.92 Å². The predicted molar refractivity (Wildman–Crippen MR) is 68.0 cm³/mol. The van der Waals surface area contributed by atoms with Crippen LogP contribution in [-0.2, 0) is 19.1 Å². The Morgan fingerprint density at radius 3 is 3.16 bits per heavy atom. The van der Waals surface area contributed by atoms with Crippen molar-refractivity contribution in [3.05, 3.63) is 0 Å². The summed E-state index contributed by atoms with van der Waals surface area (Å²) in [6.07, 6.45) is 3.38. The average molecular weight is 267 g/mol. The van der Waals surface area contributed by atoms with Gasteiger partial charge in [-0.25, -0.2) is 9.98 Å². The molecule has 2 rings (SSSR count). The summed E-state index contributed by atoms with van der Waals surface area (Å²) < 4.78 is 10.2. The Labute approximate surface area is 111 Å². The first-order valence-electron chi connectivity index (χ1n) is 6.38. The summed E-state index contributed by atoms with van der Waals surface area (Å²) in [4.78, 5) is 31.3. The smallest absolute Gasteiger partial charge is 0.324 e. The molecule has 2 aliphatic rings. The van der Waals surface area contributed by atoms with E-state index < -0.39 is 17.8 Å². The lowest BCUT2D eigenvalue weighted by Crippen LogP contribution is -2.44. The molecule has 1 amide bonds. The van der Waals surface area contributed by atoms with Crippen molar-refractivity contribution in [1.29, 1.82) is 0 Å². The fraction of sp³-hybridized carbons (Fsp3) is 0.667. The lowest BCUT2D eigenvalue weighted by molar-refractivity contribution is -0.148. The van der Waals surface area contributed by atoms with Crippen LogP contribution in [0.1, 0.15) is 19.8 Å². The van der Waals surface area contributed by atoms with E-state index in [0.29, 0.717) is 6.54 Å². The van der Waals surface area contributed by atoms with E-state index >= 15 is 0 Å². The quantitative estimate of drug-likeness (QED) is 0.569. The molecule has 0 saturated carbocycles. The molecule has 7 nitrogen and oxygen atoms in total. The number of hydrogen-bond acceptors (Lipinski definition) is 5. The molecule has 7 heteroatoms. The van der Waals surface area contributed by atoms with Gasteiger partial charge in [-0.1, -0.05) is 0 Å². The molecule has 19 heavy (non-hydrogen) atoms. The third-order valence-corrected chi connectivity index (χ3v) is 2.87. The van der Waals surface area contributed by atoms with E-state index in [4.69, 9.17) is 9.47 Å². The number of guanidine groups is 1. The van der Waals surface area contributed by atoms with Gasteiger partial charge in [-0.3, -0.25) is 14.9 Å². The molecule has 2 unspecified atom stereocenters. The van der Waals surface area contributed by atoms with Gasteiger partial charge in [0.2, 0.25) is 11.9 Å². The van der Waals surface area contributed by atoms with Crippen LogP contribution in [0.4, 0.5) is 0 Å². The van der Waals surface area contributed by atoms with Crippen molar-refractivity contribution in [1.82, 2.24) is 5.32 Å². The lowest BCUT2D eigenvalue weighted by Gasteiger charge is -2.16. The molecule has 0 aromatic carbocycles. The van der Waals surface area contributed by atoms with Crippen LogP contribution in [0.3, 0.4) is 0 Å². The van der Waals surface area contributed by atoms with Gasteiger partial charge in [0.05, 0.1) is 19.3 Å². The number of nitrogens with one attached hydrogen (secondary N) is 1. The van der Waals surface area contributed by atoms with E-state index in [0.717, 1.165) is 19.4 Å². The van der Waals surface area contributed by atoms with Gasteiger partial charge >= 0.3 is 5.97 Å². The molecule has 0 spiro atoms. The van der Waals surface area contributed by atoms with Gasteiger partial charge in [0.25, 0.3) is 0 Å². The number of aliphatic imine (C=N–C) groups is 2. The highest BCUT2D eigenvalue weighted by molar-refractivity contribution is 6.20. The van der Waals surface area contributed by atoms with Gasteiger partial charge < -0.3 is 9.47 Å². The number of carbonyl (C=O) groups is 2. The molecule has 0 bridgehead atoms. The highest BCUT2D eigenvalue weighted by Crippen LogP contribution is 2.12. The lowest BCUT2D eigenvalue weighted by atomic mass is 10.1. The molecule has 2 atom stereocenters. The third kappa shape index (κ3) is 3.60. The van der Waals surface area contributed by atoms with E-state index in [1.165, 1.54) is 6.21 Å². The minimum absolute atomic E-state index is 0.0994. The Bertz CT molecular complexity index is 413. The van der Waals surface area contributed by atoms with Crippen LogP contribution in [0.15, 0.2) is 9.98 Å². The topological polar surface area (TPSA) is 89.3 Å². The summed E-state index contributed by atoms with van der Waals surface area (Å²) in [7, 11) is 0. The average Bonchev–Trinajstić information content (AvgIpc) is 2.89. The van der Waals surface area contributed by atoms with Gasteiger partial charge in [0.1, 0.15) is 0 Å². The van der Waals surface area contributed by atoms with Gasteiger partial charge in [-0.05, 0) is 19.8 Å². The van der Waals surface area contributed by atoms with Crippen molar-refractivity contribution in [3.63, 3.8) is 0 Å². The largest absolute Gasteiger partial charge is 0.465 e. The molecule has 2 aliphatic heterocycles. The summed E-state index contributed by atoms with van der Waals surface area (Å²) in [5.41, 5.74) is 0. The zero-order chi connectivity index (χ0) is 13.7. The molecule has 0 aromatic rings. The van der Waals surface area contributed by atoms with Crippen molar-refractivity contribution < 1.29 is 19.1 Å². The third-order valence-electron chi connectivity index (χ3n) is 2.87. The van der Waals surface area contributed by atoms with Gasteiger partial charge in [0, 0.05) is 12.8 Å². The second-order valence-corrected chi connectivity index (χ2v) is 4.30. The van der Waals surface area contributed by atoms with Gasteiger partial charge in [-0.15, -0.1) is 0 Å². The molecule has 104 valence electrons. The first-order chi connectivity index (χ1) is 9.20. The molecule has 1 saturated heterocycles. The number of nitrogens with zero attached hydrogens (tertiary/aromatic N) is 2. The molecule has 0 radical (unpaired) electrons. The maximum absolute atomic E-state index is 11.7. The second kappa shape index (κ2) is 6.42. The maximum atomic E-state index is 11.7. The number of ether oxygens (including phenoxy) is 2. The van der Waals surface area contributed by atoms with E-state index in [1.54, 1.807) is 6.92 Å². The van der Waals surface area contributed by atoms with Gasteiger partial charge in [-0.2, -0.15) is 0 Å². The van der Waals surface area contributed by atoms with E-state index in [1.807, 2.05) is 0 Å². The van der Waals surface area contributed by atoms with E-state index in [-0.39, 0.29) is 18.7 Å². The van der Waals surface area contributed by atoms with Crippen LogP contribution in [0.5, 0.6) is 0 Å². The first-order valence-corrected chi connectivity index (χ1v) is 6.38. The van der Waals surface area contributed by atoms with Crippen molar-refractivity contribution >= 4 is 24.1 Å². The normalized spacial score (nSPS) is 28.5. The summed E-state index contributed by atoms with van der Waals surface area (Å²) in [5, 5.41) is 2.49. The van der Waals surface area contributed by atoms with Crippen LogP contribution in [0.25, 0.3) is 0 Å². The Balaban J connectivity index is 1.92. The second-order valence-electron chi connectivity index (χ2n) is 4.30. The first kappa shape index (κ1) is 13.7. The zero-order valence-corrected chi connectivity index (χ0v) is 10.8. The SMILES string of the molecule is CCOC(=O)C1C=NC(=NCC2CCCO2)NC1=O. The minimum atomic E-state index is -0.985. The van der Waals surface area contributed by atoms with Crippen molar-refractivity contribution in [2.24, 2.45) is 15.9 Å². The predicted octanol–water partition coefficient (Wildman–Crippen LogP) is -0.0987. The number of carbonyl (C=O) groups excluding carboxylic acids is 2. The zero-order valence-electron chi connectivity index (χ0n) is 10.8. The number of rotatable bonds is 4. The van der Waals surface area contributed by atoms with Crippen LogP contribution >= 0.6 is 0 Å². The number of amides is 1. The van der Waals surface area contributed by atoms with Crippen molar-refractivity contribution in [2.45, 2.75) is 25.9 Å². The van der Waals surface area contributed by atoms with E-state index in [2.05, 4.69) is 15.3 Å². The standard InChI is InChI=1S/C12H17N3O4/c1-2-18-11(17)9-7-14-12(15-10(9)16)13-6-8-4-3-5-19-8/h7-9H,2-6H2,1H3,(H,13,15,16). The summed E-state index contributed by atoms with van der Waals surface area (Å²) in [6, 6.07) is 0.